The SMILES string of the molecule is CCCC(=O)N1CCc2c(C)nn(C)c2C1. The molecule has 1 aromatic rings. The summed E-state index contributed by atoms with van der Waals surface area (Å²) in [5.74, 6) is 0.270. The first kappa shape index (κ1) is 11.2. The zero-order valence-electron chi connectivity index (χ0n) is 10.3. The zero-order chi connectivity index (χ0) is 11.7. The van der Waals surface area contributed by atoms with Gasteiger partial charge in [-0.2, -0.15) is 5.10 Å². The molecule has 0 saturated heterocycles. The summed E-state index contributed by atoms with van der Waals surface area (Å²) >= 11 is 0. The first-order chi connectivity index (χ1) is 7.63. The van der Waals surface area contributed by atoms with E-state index in [0.29, 0.717) is 6.42 Å². The molecule has 0 saturated carbocycles. The number of rotatable bonds is 2. The Balaban J connectivity index is 2.17. The van der Waals surface area contributed by atoms with Gasteiger partial charge in [0.05, 0.1) is 17.9 Å². The van der Waals surface area contributed by atoms with Gasteiger partial charge < -0.3 is 4.90 Å². The molecule has 0 bridgehead atoms. The molecule has 1 aromatic heterocycles. The molecule has 0 aliphatic carbocycles. The average Bonchev–Trinajstić information content (AvgIpc) is 2.55. The Morgan fingerprint density at radius 1 is 1.50 bits per heavy atom. The third-order valence-electron chi connectivity index (χ3n) is 3.26. The Kier molecular flexibility index (Phi) is 2.99. The highest BCUT2D eigenvalue weighted by Gasteiger charge is 2.24. The van der Waals surface area contributed by atoms with Gasteiger partial charge in [-0.05, 0) is 25.3 Å². The van der Waals surface area contributed by atoms with Crippen LogP contribution in [0.5, 0.6) is 0 Å². The molecule has 4 heteroatoms. The van der Waals surface area contributed by atoms with Crippen molar-refractivity contribution in [2.24, 2.45) is 7.05 Å². The molecule has 1 amide bonds. The summed E-state index contributed by atoms with van der Waals surface area (Å²) in [4.78, 5) is 13.8. The smallest absolute Gasteiger partial charge is 0.222 e. The molecule has 0 N–H and O–H groups in total. The average molecular weight is 221 g/mol. The second kappa shape index (κ2) is 4.28. The van der Waals surface area contributed by atoms with Crippen LogP contribution in [0.4, 0.5) is 0 Å². The van der Waals surface area contributed by atoms with E-state index >= 15 is 0 Å². The normalized spacial score (nSPS) is 15.1. The maximum absolute atomic E-state index is 11.8. The Labute approximate surface area is 96.2 Å². The molecule has 0 spiro atoms. The number of aromatic nitrogens is 2. The predicted molar refractivity (Wildman–Crippen MR) is 62.0 cm³/mol. The van der Waals surface area contributed by atoms with Crippen molar-refractivity contribution in [2.45, 2.75) is 39.7 Å². The van der Waals surface area contributed by atoms with Crippen molar-refractivity contribution >= 4 is 5.91 Å². The van der Waals surface area contributed by atoms with E-state index in [2.05, 4.69) is 5.10 Å². The van der Waals surface area contributed by atoms with Crippen LogP contribution in [-0.2, 0) is 24.8 Å². The number of carbonyl (C=O) groups is 1. The summed E-state index contributed by atoms with van der Waals surface area (Å²) in [6, 6.07) is 0. The molecule has 4 nitrogen and oxygen atoms in total. The van der Waals surface area contributed by atoms with Crippen LogP contribution in [0.15, 0.2) is 0 Å². The number of fused-ring (bicyclic) bond motifs is 1. The van der Waals surface area contributed by atoms with E-state index < -0.39 is 0 Å². The molecule has 2 rings (SSSR count). The molecule has 0 unspecified atom stereocenters. The fourth-order valence-electron chi connectivity index (χ4n) is 2.36. The molecule has 0 atom stereocenters. The largest absolute Gasteiger partial charge is 0.336 e. The monoisotopic (exact) mass is 221 g/mol. The van der Waals surface area contributed by atoms with Crippen molar-refractivity contribution in [3.8, 4) is 0 Å². The highest BCUT2D eigenvalue weighted by molar-refractivity contribution is 5.76. The van der Waals surface area contributed by atoms with E-state index in [-0.39, 0.29) is 5.91 Å². The lowest BCUT2D eigenvalue weighted by Gasteiger charge is -2.27. The topological polar surface area (TPSA) is 38.1 Å². The first-order valence-corrected chi connectivity index (χ1v) is 5.92. The number of hydrogen-bond acceptors (Lipinski definition) is 2. The summed E-state index contributed by atoms with van der Waals surface area (Å²) in [5, 5.41) is 4.41. The van der Waals surface area contributed by atoms with Gasteiger partial charge in [0.15, 0.2) is 0 Å². The second-order valence-corrected chi connectivity index (χ2v) is 4.45. The molecular formula is C12H19N3O. The molecule has 16 heavy (non-hydrogen) atoms. The number of nitrogens with zero attached hydrogens (tertiary/aromatic N) is 3. The quantitative estimate of drug-likeness (QED) is 0.757. The van der Waals surface area contributed by atoms with E-state index in [1.54, 1.807) is 0 Å². The minimum atomic E-state index is 0.270. The van der Waals surface area contributed by atoms with Crippen molar-refractivity contribution in [2.75, 3.05) is 6.54 Å². The van der Waals surface area contributed by atoms with Crippen LogP contribution in [0, 0.1) is 6.92 Å². The van der Waals surface area contributed by atoms with Crippen LogP contribution in [-0.4, -0.2) is 27.1 Å². The van der Waals surface area contributed by atoms with Crippen molar-refractivity contribution in [3.05, 3.63) is 17.0 Å². The molecule has 0 radical (unpaired) electrons. The summed E-state index contributed by atoms with van der Waals surface area (Å²) in [6.45, 7) is 5.66. The van der Waals surface area contributed by atoms with Crippen molar-refractivity contribution in [3.63, 3.8) is 0 Å². The van der Waals surface area contributed by atoms with Crippen LogP contribution in [0.1, 0.15) is 36.7 Å². The number of carbonyl (C=O) groups excluding carboxylic acids is 1. The Morgan fingerprint density at radius 2 is 2.25 bits per heavy atom. The molecule has 0 fully saturated rings. The minimum Gasteiger partial charge on any atom is -0.336 e. The Bertz CT molecular complexity index is 409. The van der Waals surface area contributed by atoms with Crippen LogP contribution in [0.25, 0.3) is 0 Å². The molecule has 2 heterocycles. The summed E-state index contributed by atoms with van der Waals surface area (Å²) in [6.07, 6.45) is 2.53. The second-order valence-electron chi connectivity index (χ2n) is 4.45. The fraction of sp³-hybridized carbons (Fsp3) is 0.667. The van der Waals surface area contributed by atoms with Gasteiger partial charge in [-0.1, -0.05) is 6.92 Å². The minimum absolute atomic E-state index is 0.270. The van der Waals surface area contributed by atoms with Crippen LogP contribution in [0.3, 0.4) is 0 Å². The predicted octanol–water partition coefficient (Wildman–Crippen LogP) is 1.41. The first-order valence-electron chi connectivity index (χ1n) is 5.92. The van der Waals surface area contributed by atoms with Crippen LogP contribution in [0.2, 0.25) is 0 Å². The van der Waals surface area contributed by atoms with Gasteiger partial charge in [-0.3, -0.25) is 9.48 Å². The van der Waals surface area contributed by atoms with Gasteiger partial charge in [0, 0.05) is 20.0 Å². The third kappa shape index (κ3) is 1.84. The van der Waals surface area contributed by atoms with E-state index in [1.807, 2.05) is 30.5 Å². The number of amides is 1. The molecule has 0 aromatic carbocycles. The maximum atomic E-state index is 11.8. The van der Waals surface area contributed by atoms with Gasteiger partial charge >= 0.3 is 0 Å². The van der Waals surface area contributed by atoms with Crippen LogP contribution >= 0.6 is 0 Å². The summed E-state index contributed by atoms with van der Waals surface area (Å²) < 4.78 is 1.91. The highest BCUT2D eigenvalue weighted by atomic mass is 16.2. The zero-order valence-corrected chi connectivity index (χ0v) is 10.3. The van der Waals surface area contributed by atoms with E-state index in [1.165, 1.54) is 11.3 Å². The van der Waals surface area contributed by atoms with Gasteiger partial charge in [0.1, 0.15) is 0 Å². The summed E-state index contributed by atoms with van der Waals surface area (Å²) in [5.41, 5.74) is 3.65. The lowest BCUT2D eigenvalue weighted by Crippen LogP contribution is -2.36. The number of hydrogen-bond donors (Lipinski definition) is 0. The van der Waals surface area contributed by atoms with E-state index in [4.69, 9.17) is 0 Å². The van der Waals surface area contributed by atoms with Crippen LogP contribution < -0.4 is 0 Å². The van der Waals surface area contributed by atoms with Gasteiger partial charge in [-0.15, -0.1) is 0 Å². The fourth-order valence-corrected chi connectivity index (χ4v) is 2.36. The Morgan fingerprint density at radius 3 is 2.94 bits per heavy atom. The molecule has 88 valence electrons. The van der Waals surface area contributed by atoms with Gasteiger partial charge in [0.25, 0.3) is 0 Å². The standard InChI is InChI=1S/C12H19N3O/c1-4-5-12(16)15-7-6-10-9(2)13-14(3)11(10)8-15/h4-8H2,1-3H3. The van der Waals surface area contributed by atoms with Crippen molar-refractivity contribution < 1.29 is 4.79 Å². The van der Waals surface area contributed by atoms with Gasteiger partial charge in [0.2, 0.25) is 5.91 Å². The lowest BCUT2D eigenvalue weighted by atomic mass is 10.0. The lowest BCUT2D eigenvalue weighted by molar-refractivity contribution is -0.132. The van der Waals surface area contributed by atoms with Gasteiger partial charge in [-0.25, -0.2) is 0 Å². The van der Waals surface area contributed by atoms with E-state index in [0.717, 1.165) is 31.6 Å². The molecular weight excluding hydrogens is 202 g/mol. The molecule has 1 aliphatic rings. The maximum Gasteiger partial charge on any atom is 0.222 e. The van der Waals surface area contributed by atoms with Crippen molar-refractivity contribution in [1.82, 2.24) is 14.7 Å². The van der Waals surface area contributed by atoms with Crippen molar-refractivity contribution in [1.29, 1.82) is 0 Å². The number of aryl methyl sites for hydroxylation is 2. The Hall–Kier alpha value is -1.32. The highest BCUT2D eigenvalue weighted by Crippen LogP contribution is 2.21. The molecule has 1 aliphatic heterocycles. The third-order valence-corrected chi connectivity index (χ3v) is 3.26. The van der Waals surface area contributed by atoms with E-state index in [9.17, 15) is 4.79 Å². The summed E-state index contributed by atoms with van der Waals surface area (Å²) in [7, 11) is 1.96.